The van der Waals surface area contributed by atoms with E-state index < -0.39 is 15.1 Å². The molecule has 0 fully saturated rings. The van der Waals surface area contributed by atoms with Crippen LogP contribution in [0.1, 0.15) is 260 Å². The average Bonchev–Trinajstić information content (AvgIpc) is 0.920. The average molecular weight is 2160 g/mol. The molecule has 11 aromatic rings. The van der Waals surface area contributed by atoms with Crippen LogP contribution in [0.15, 0.2) is 242 Å². The van der Waals surface area contributed by atoms with Crippen molar-refractivity contribution in [3.63, 3.8) is 0 Å². The molecule has 0 saturated heterocycles. The van der Waals surface area contributed by atoms with Gasteiger partial charge < -0.3 is 32.7 Å². The zero-order chi connectivity index (χ0) is 105. The number of nitro groups is 2. The van der Waals surface area contributed by atoms with Gasteiger partial charge in [-0.25, -0.2) is 0 Å². The minimum absolute atomic E-state index is 0. The summed E-state index contributed by atoms with van der Waals surface area (Å²) in [5.74, 6) is -1.48. The summed E-state index contributed by atoms with van der Waals surface area (Å²) in [6, 6.07) is 68.9. The highest BCUT2D eigenvalue weighted by atomic mass is 35.5. The second-order valence-corrected chi connectivity index (χ2v) is 41.5. The summed E-state index contributed by atoms with van der Waals surface area (Å²) in [5.41, 5.74) is 26.9. The minimum Gasteiger partial charge on any atom is -0.399 e. The zero-order valence-corrected chi connectivity index (χ0v) is 90.7. The van der Waals surface area contributed by atoms with Crippen LogP contribution in [-0.4, -0.2) is 70.2 Å². The van der Waals surface area contributed by atoms with E-state index in [2.05, 4.69) is 203 Å². The molecular formula is C107H124Cl7N13O10S5. The van der Waals surface area contributed by atoms with E-state index in [0.29, 0.717) is 82.6 Å². The van der Waals surface area contributed by atoms with E-state index in [1.165, 1.54) is 58.7 Å². The Morgan fingerprint density at radius 2 is 0.563 bits per heavy atom. The number of nitrogens with two attached hydrogens (primary N) is 2. The molecule has 35 heteroatoms. The fraction of sp³-hybridized carbons (Fsp3) is 0.280. The van der Waals surface area contributed by atoms with Crippen LogP contribution in [0.25, 0.3) is 0 Å². The molecule has 0 spiro atoms. The van der Waals surface area contributed by atoms with Crippen molar-refractivity contribution in [3.05, 3.63) is 360 Å². The Labute approximate surface area is 897 Å². The molecule has 11 aromatic carbocycles. The standard InChI is InChI=1S/2C20H23ClN2OS.C18H18ClN3O3S.C18H20ClN3OS.C12H13NOS.C11H13ClO.C6H5ClN2O2.2CH4.ClH/c2*1-5-13-6-11-17(16(21)12-13)22-19(25)23-18(24)14-7-9-15(10-8-14)20(2,3)4;1-18(2,3)12-6-4-11(5-7-12)16(23)21-17(26)20-15-9-8-13(22(24)25)10-14(15)19;1-18(2,3)12-6-4-11(5-7-12)16(23)22-17(24)21-15-9-8-13(20)10-14(15)19;1-12(2,3)10-6-4-9(5-7-10)11(14)13-8-15;1-11(2,3)9-6-4-8(5-7-9)10(12)13;7-5-3-4(9(10)11)1-2-6(5)8;;;/h2*6-12H,5H2,1-4H3,(H2,22,23,24,25);4-10H,1-3H3,(H2,20,21,23,26);4-10H,20H2,1-3H3,(H2,21,22,23,24);4-7H,1-3H3;4-7H,1-3H3;1-3H,8H2;2*1H4;1H. The summed E-state index contributed by atoms with van der Waals surface area (Å²) in [6.07, 6.45) is 1.82. The van der Waals surface area contributed by atoms with E-state index in [9.17, 15) is 49.0 Å². The van der Waals surface area contributed by atoms with Crippen LogP contribution in [0.2, 0.25) is 25.1 Å². The Bertz CT molecular complexity index is 6160. The largest absolute Gasteiger partial charge is 0.399 e. The third-order valence-corrected chi connectivity index (χ3v) is 23.0. The number of rotatable bonds is 14. The molecule has 0 unspecified atom stereocenters. The van der Waals surface area contributed by atoms with E-state index in [1.54, 1.807) is 66.7 Å². The number of anilines is 6. The molecule has 12 N–H and O–H groups in total. The Morgan fingerprint density at radius 1 is 0.338 bits per heavy atom. The number of hydrogen-bond acceptors (Lipinski definition) is 17. The number of carbonyl (C=O) groups is 6. The SMILES string of the molecule is C.C.CC(C)(C)c1ccc(C(=O)Cl)cc1.CC(C)(C)c1ccc(C(=O)N=C=S)cc1.CC(C)(C)c1ccc(C(=O)NC(=S)Nc2ccc(N)cc2Cl)cc1.CC(C)(C)c1ccc(C(=O)NC(=S)Nc2ccc([N+](=O)[O-])cc2Cl)cc1.CCc1ccc(NC(=S)NC(=O)c2ccc(C(C)(C)C)cc2)c(Cl)c1.CCc1ccc(NC(=S)NC(=O)c2ccc(C(C)(C)C)cc2)c(Cl)c1.Cl.Nc1ccc([N+](=O)[O-])cc1Cl. The molecule has 142 heavy (non-hydrogen) atoms. The van der Waals surface area contributed by atoms with Crippen molar-refractivity contribution in [1.29, 1.82) is 0 Å². The van der Waals surface area contributed by atoms with Crippen LogP contribution in [-0.2, 0) is 45.3 Å². The number of benzene rings is 11. The van der Waals surface area contributed by atoms with Gasteiger partial charge in [-0.05, 0) is 290 Å². The Kier molecular flexibility index (Phi) is 51.4. The molecule has 0 aromatic heterocycles. The monoisotopic (exact) mass is 2160 g/mol. The van der Waals surface area contributed by atoms with Gasteiger partial charge in [0.2, 0.25) is 0 Å². The number of halogens is 7. The fourth-order valence-corrected chi connectivity index (χ4v) is 14.0. The second kappa shape index (κ2) is 57.7. The lowest BCUT2D eigenvalue weighted by molar-refractivity contribution is -0.385. The summed E-state index contributed by atoms with van der Waals surface area (Å²) < 4.78 is 0. The number of non-ortho nitro benzene ring substituents is 2. The highest BCUT2D eigenvalue weighted by Gasteiger charge is 2.23. The molecule has 0 atom stereocenters. The van der Waals surface area contributed by atoms with Gasteiger partial charge in [-0.2, -0.15) is 4.99 Å². The summed E-state index contributed by atoms with van der Waals surface area (Å²) in [6.45, 7) is 42.3. The normalized spacial score (nSPS) is 10.7. The first-order valence-electron chi connectivity index (χ1n) is 43.3. The van der Waals surface area contributed by atoms with E-state index in [4.69, 9.17) is 130 Å². The highest BCUT2D eigenvalue weighted by molar-refractivity contribution is 7.81. The van der Waals surface area contributed by atoms with Gasteiger partial charge in [0.15, 0.2) is 20.4 Å². The predicted octanol–water partition coefficient (Wildman–Crippen LogP) is 29.8. The van der Waals surface area contributed by atoms with Crippen molar-refractivity contribution >= 4 is 249 Å². The molecule has 0 aliphatic carbocycles. The lowest BCUT2D eigenvalue weighted by atomic mass is 9.86. The van der Waals surface area contributed by atoms with Crippen LogP contribution in [0.4, 0.5) is 45.5 Å². The van der Waals surface area contributed by atoms with Gasteiger partial charge in [0, 0.05) is 63.3 Å². The molecule has 5 amide bonds. The van der Waals surface area contributed by atoms with Crippen molar-refractivity contribution in [2.24, 2.45) is 4.99 Å². The molecule has 0 aliphatic rings. The van der Waals surface area contributed by atoms with E-state index >= 15 is 0 Å². The molecule has 0 saturated carbocycles. The van der Waals surface area contributed by atoms with Crippen molar-refractivity contribution in [2.75, 3.05) is 32.7 Å². The quantitative estimate of drug-likeness (QED) is 0.0121. The molecule has 0 heterocycles. The maximum absolute atomic E-state index is 12.3. The molecule has 0 radical (unpaired) electrons. The van der Waals surface area contributed by atoms with Crippen molar-refractivity contribution in [1.82, 2.24) is 21.3 Å². The number of nitrogens with one attached hydrogen (secondary N) is 8. The molecule has 11 rings (SSSR count). The summed E-state index contributed by atoms with van der Waals surface area (Å²) in [5, 5.41) is 47.3. The lowest BCUT2D eigenvalue weighted by Gasteiger charge is -2.19. The fourth-order valence-electron chi connectivity index (χ4n) is 11.9. The van der Waals surface area contributed by atoms with Crippen LogP contribution >= 0.6 is 143 Å². The Hall–Kier alpha value is -11.6. The number of nitro benzene ring substituents is 2. The minimum atomic E-state index is -0.545. The van der Waals surface area contributed by atoms with E-state index in [1.807, 2.05) is 133 Å². The maximum atomic E-state index is 12.3. The first kappa shape index (κ1) is 126. The summed E-state index contributed by atoms with van der Waals surface area (Å²) >= 11 is 60.5. The summed E-state index contributed by atoms with van der Waals surface area (Å²) in [7, 11) is 0. The maximum Gasteiger partial charge on any atom is 0.285 e. The number of amides is 5. The van der Waals surface area contributed by atoms with E-state index in [0.717, 1.165) is 35.1 Å². The van der Waals surface area contributed by atoms with Crippen molar-refractivity contribution < 1.29 is 38.6 Å². The van der Waals surface area contributed by atoms with Gasteiger partial charge in [-0.15, -0.1) is 12.4 Å². The van der Waals surface area contributed by atoms with Gasteiger partial charge in [-0.3, -0.25) is 70.3 Å². The van der Waals surface area contributed by atoms with Crippen molar-refractivity contribution in [2.45, 2.75) is 199 Å². The molecule has 23 nitrogen and oxygen atoms in total. The van der Waals surface area contributed by atoms with Crippen molar-refractivity contribution in [3.8, 4) is 0 Å². The van der Waals surface area contributed by atoms with Gasteiger partial charge in [0.25, 0.3) is 46.2 Å². The van der Waals surface area contributed by atoms with Crippen LogP contribution in [0.3, 0.4) is 0 Å². The zero-order valence-electron chi connectivity index (χ0n) is 81.2. The number of aryl methyl sites for hydroxylation is 2. The highest BCUT2D eigenvalue weighted by Crippen LogP contribution is 2.33. The Morgan fingerprint density at radius 3 is 0.782 bits per heavy atom. The smallest absolute Gasteiger partial charge is 0.285 e. The topological polar surface area (TPSA) is 349 Å². The third kappa shape index (κ3) is 42.9. The molecular weight excluding hydrogens is 2040 g/mol. The molecule has 0 bridgehead atoms. The van der Waals surface area contributed by atoms with Gasteiger partial charge in [0.1, 0.15) is 0 Å². The summed E-state index contributed by atoms with van der Waals surface area (Å²) in [4.78, 5) is 94.5. The van der Waals surface area contributed by atoms with E-state index in [-0.39, 0.29) is 131 Å². The van der Waals surface area contributed by atoms with Crippen LogP contribution < -0.4 is 54.0 Å². The predicted molar refractivity (Wildman–Crippen MR) is 614 cm³/mol. The number of nitrogen functional groups attached to an aromatic ring is 2. The first-order chi connectivity index (χ1) is 64.6. The number of hydrogen-bond donors (Lipinski definition) is 10. The first-order valence-corrected chi connectivity index (χ1v) is 47.6. The number of thiocarbonyl (C=S) groups is 5. The Balaban J connectivity index is 0.000000568. The molecule has 0 aliphatic heterocycles. The second-order valence-electron chi connectivity index (χ2n) is 37.3. The number of aliphatic imine (C=N–C) groups is 1. The van der Waals surface area contributed by atoms with Gasteiger partial charge >= 0.3 is 0 Å². The number of isothiocyanates is 1. The lowest BCUT2D eigenvalue weighted by Crippen LogP contribution is -2.34. The number of carbonyl (C=O) groups excluding carboxylic acids is 6. The third-order valence-electron chi connectivity index (χ3n) is 20.3. The van der Waals surface area contributed by atoms with Crippen LogP contribution in [0, 0.1) is 20.2 Å². The van der Waals surface area contributed by atoms with Crippen LogP contribution in [0.5, 0.6) is 0 Å². The van der Waals surface area contributed by atoms with Gasteiger partial charge in [-0.1, -0.05) is 296 Å². The molecule has 756 valence electrons. The van der Waals surface area contributed by atoms with Gasteiger partial charge in [0.05, 0.1) is 68.6 Å². The number of nitrogens with zero attached hydrogens (tertiary/aromatic N) is 3.